The minimum absolute atomic E-state index is 0.0710. The molecule has 0 spiro atoms. The van der Waals surface area contributed by atoms with Crippen LogP contribution in [-0.2, 0) is 0 Å². The molecule has 0 saturated carbocycles. The zero-order chi connectivity index (χ0) is 23.7. The third-order valence-electron chi connectivity index (χ3n) is 4.84. The standard InChI is InChI=1S/C23H22N4O4S2/c1-4-31-15-8-6-14(7-9-15)25-20(28)13-5-10-16-17(11-13)27-19(26-21(16)29)18(33-23(27)32)22(30)24-12(2)3/h5-12H,4H2,1-3H3,(H,24,30)(H,25,28)(H,26,29). The van der Waals surface area contributed by atoms with Gasteiger partial charge in [0.1, 0.15) is 16.3 Å². The molecule has 0 aliphatic carbocycles. The predicted molar refractivity (Wildman–Crippen MR) is 132 cm³/mol. The SMILES string of the molecule is CCOc1ccc(NC(=O)c2ccc3c(=O)[nH]c4c(C(=O)NC(C)C)sc(=S)n4c3c2)cc1. The highest BCUT2D eigenvalue weighted by Gasteiger charge is 2.19. The topological polar surface area (TPSA) is 105 Å². The molecule has 2 aromatic carbocycles. The molecule has 2 aromatic heterocycles. The van der Waals surface area contributed by atoms with E-state index in [4.69, 9.17) is 17.0 Å². The van der Waals surface area contributed by atoms with Crippen molar-refractivity contribution in [1.29, 1.82) is 0 Å². The molecule has 2 heterocycles. The van der Waals surface area contributed by atoms with E-state index in [0.29, 0.717) is 49.0 Å². The van der Waals surface area contributed by atoms with Crippen molar-refractivity contribution >= 4 is 57.6 Å². The van der Waals surface area contributed by atoms with Gasteiger partial charge < -0.3 is 20.4 Å². The molecule has 0 unspecified atom stereocenters. The van der Waals surface area contributed by atoms with Crippen LogP contribution in [0.5, 0.6) is 5.75 Å². The molecule has 0 aliphatic heterocycles. The molecule has 0 aliphatic rings. The van der Waals surface area contributed by atoms with Crippen LogP contribution in [-0.4, -0.2) is 33.8 Å². The summed E-state index contributed by atoms with van der Waals surface area (Å²) >= 11 is 6.60. The van der Waals surface area contributed by atoms with Gasteiger partial charge in [0.05, 0.1) is 17.5 Å². The average Bonchev–Trinajstić information content (AvgIpc) is 3.11. The molecule has 0 fully saturated rings. The fourth-order valence-corrected chi connectivity index (χ4v) is 4.70. The van der Waals surface area contributed by atoms with E-state index >= 15 is 0 Å². The molecule has 0 radical (unpaired) electrons. The number of aromatic amines is 1. The molecule has 10 heteroatoms. The maximum Gasteiger partial charge on any atom is 0.265 e. The largest absolute Gasteiger partial charge is 0.494 e. The summed E-state index contributed by atoms with van der Waals surface area (Å²) in [7, 11) is 0. The van der Waals surface area contributed by atoms with Gasteiger partial charge >= 0.3 is 0 Å². The number of ether oxygens (including phenoxy) is 1. The summed E-state index contributed by atoms with van der Waals surface area (Å²) in [6, 6.07) is 11.7. The lowest BCUT2D eigenvalue weighted by Gasteiger charge is -2.09. The van der Waals surface area contributed by atoms with Crippen molar-refractivity contribution in [3.63, 3.8) is 0 Å². The highest BCUT2D eigenvalue weighted by atomic mass is 32.1. The first-order valence-electron chi connectivity index (χ1n) is 10.3. The summed E-state index contributed by atoms with van der Waals surface area (Å²) in [6.07, 6.45) is 0. The Labute approximate surface area is 198 Å². The number of nitrogens with one attached hydrogen (secondary N) is 3. The molecular formula is C23H22N4O4S2. The van der Waals surface area contributed by atoms with Gasteiger partial charge in [-0.1, -0.05) is 11.3 Å². The fourth-order valence-electron chi connectivity index (χ4n) is 3.42. The Morgan fingerprint density at radius 1 is 1.15 bits per heavy atom. The lowest BCUT2D eigenvalue weighted by Crippen LogP contribution is -2.30. The first kappa shape index (κ1) is 22.7. The lowest BCUT2D eigenvalue weighted by atomic mass is 10.1. The Bertz CT molecular complexity index is 1480. The van der Waals surface area contributed by atoms with Gasteiger partial charge in [-0.3, -0.25) is 18.8 Å². The number of amides is 2. The second kappa shape index (κ2) is 9.16. The van der Waals surface area contributed by atoms with Crippen LogP contribution in [0, 0.1) is 3.95 Å². The van der Waals surface area contributed by atoms with Gasteiger partial charge in [0.2, 0.25) is 0 Å². The Hall–Kier alpha value is -3.50. The van der Waals surface area contributed by atoms with Gasteiger partial charge in [-0.15, -0.1) is 0 Å². The first-order chi connectivity index (χ1) is 15.8. The summed E-state index contributed by atoms with van der Waals surface area (Å²) in [4.78, 5) is 41.3. The number of fused-ring (bicyclic) bond motifs is 3. The molecule has 2 amide bonds. The quantitative estimate of drug-likeness (QED) is 0.354. The van der Waals surface area contributed by atoms with Crippen molar-refractivity contribution in [2.24, 2.45) is 0 Å². The van der Waals surface area contributed by atoms with Crippen molar-refractivity contribution in [1.82, 2.24) is 14.7 Å². The Morgan fingerprint density at radius 3 is 2.55 bits per heavy atom. The molecule has 0 atom stereocenters. The van der Waals surface area contributed by atoms with Crippen molar-refractivity contribution < 1.29 is 14.3 Å². The number of carbonyl (C=O) groups is 2. The maximum absolute atomic E-state index is 12.9. The van der Waals surface area contributed by atoms with E-state index in [1.165, 1.54) is 0 Å². The number of anilines is 1. The molecule has 0 saturated heterocycles. The number of thiazole rings is 1. The number of nitrogens with zero attached hydrogens (tertiary/aromatic N) is 1. The monoisotopic (exact) mass is 482 g/mol. The molecular weight excluding hydrogens is 460 g/mol. The highest BCUT2D eigenvalue weighted by molar-refractivity contribution is 7.73. The summed E-state index contributed by atoms with van der Waals surface area (Å²) in [6.45, 7) is 6.16. The Morgan fingerprint density at radius 2 is 1.88 bits per heavy atom. The minimum Gasteiger partial charge on any atom is -0.494 e. The van der Waals surface area contributed by atoms with Crippen molar-refractivity contribution in [2.75, 3.05) is 11.9 Å². The second-order valence-electron chi connectivity index (χ2n) is 7.61. The predicted octanol–water partition coefficient (Wildman–Crippen LogP) is 4.36. The highest BCUT2D eigenvalue weighted by Crippen LogP contribution is 2.24. The van der Waals surface area contributed by atoms with E-state index in [0.717, 1.165) is 11.3 Å². The number of hydrogen-bond acceptors (Lipinski definition) is 6. The molecule has 8 nitrogen and oxygen atoms in total. The van der Waals surface area contributed by atoms with Crippen LogP contribution in [0.25, 0.3) is 16.6 Å². The van der Waals surface area contributed by atoms with E-state index in [1.807, 2.05) is 20.8 Å². The molecule has 4 aromatic rings. The Balaban J connectivity index is 1.75. The summed E-state index contributed by atoms with van der Waals surface area (Å²) < 4.78 is 7.43. The van der Waals surface area contributed by atoms with Gasteiger partial charge in [-0.2, -0.15) is 0 Å². The first-order valence-corrected chi connectivity index (χ1v) is 11.6. The second-order valence-corrected chi connectivity index (χ2v) is 9.25. The van der Waals surface area contributed by atoms with Crippen LogP contribution in [0.4, 0.5) is 5.69 Å². The average molecular weight is 483 g/mol. The minimum atomic E-state index is -0.366. The normalized spacial score (nSPS) is 11.2. The van der Waals surface area contributed by atoms with E-state index in [9.17, 15) is 14.4 Å². The van der Waals surface area contributed by atoms with Crippen LogP contribution in [0.15, 0.2) is 47.3 Å². The Kier molecular flexibility index (Phi) is 6.30. The molecule has 33 heavy (non-hydrogen) atoms. The number of H-pyrrole nitrogens is 1. The van der Waals surface area contributed by atoms with Crippen LogP contribution in [0.2, 0.25) is 0 Å². The molecule has 3 N–H and O–H groups in total. The smallest absolute Gasteiger partial charge is 0.265 e. The zero-order valence-corrected chi connectivity index (χ0v) is 19.9. The van der Waals surface area contributed by atoms with Crippen LogP contribution in [0.1, 0.15) is 40.8 Å². The van der Waals surface area contributed by atoms with Gasteiger partial charge in [0, 0.05) is 17.3 Å². The third kappa shape index (κ3) is 4.53. The summed E-state index contributed by atoms with van der Waals surface area (Å²) in [5.74, 6) is 0.0592. The summed E-state index contributed by atoms with van der Waals surface area (Å²) in [5, 5.41) is 6.02. The molecule has 4 rings (SSSR count). The van der Waals surface area contributed by atoms with Gasteiger partial charge in [-0.05, 0) is 75.5 Å². The van der Waals surface area contributed by atoms with Crippen molar-refractivity contribution in [2.45, 2.75) is 26.8 Å². The number of hydrogen-bond donors (Lipinski definition) is 3. The van der Waals surface area contributed by atoms with Crippen LogP contribution < -0.4 is 20.9 Å². The number of carbonyl (C=O) groups excluding carboxylic acids is 2. The van der Waals surface area contributed by atoms with Crippen LogP contribution >= 0.6 is 23.6 Å². The van der Waals surface area contributed by atoms with Crippen molar-refractivity contribution in [3.05, 3.63) is 67.2 Å². The number of rotatable bonds is 6. The third-order valence-corrected chi connectivity index (χ3v) is 6.21. The zero-order valence-electron chi connectivity index (χ0n) is 18.2. The van der Waals surface area contributed by atoms with E-state index < -0.39 is 0 Å². The maximum atomic E-state index is 12.9. The fraction of sp³-hybridized carbons (Fsp3) is 0.217. The van der Waals surface area contributed by atoms with Gasteiger partial charge in [-0.25, -0.2) is 0 Å². The molecule has 170 valence electrons. The van der Waals surface area contributed by atoms with Crippen LogP contribution in [0.3, 0.4) is 0 Å². The van der Waals surface area contributed by atoms with E-state index in [1.54, 1.807) is 46.9 Å². The lowest BCUT2D eigenvalue weighted by molar-refractivity contribution is 0.0947. The number of benzene rings is 2. The van der Waals surface area contributed by atoms with E-state index in [2.05, 4.69) is 15.6 Å². The van der Waals surface area contributed by atoms with Gasteiger partial charge in [0.15, 0.2) is 3.95 Å². The summed E-state index contributed by atoms with van der Waals surface area (Å²) in [5.41, 5.74) is 1.36. The van der Waals surface area contributed by atoms with E-state index in [-0.39, 0.29) is 23.4 Å². The van der Waals surface area contributed by atoms with Gasteiger partial charge in [0.25, 0.3) is 17.4 Å². The van der Waals surface area contributed by atoms with Crippen molar-refractivity contribution in [3.8, 4) is 5.75 Å². The number of aromatic nitrogens is 2. The molecule has 0 bridgehead atoms.